The number of alkyl halides is 2. The van der Waals surface area contributed by atoms with Gasteiger partial charge in [0.05, 0.1) is 44.6 Å². The second-order valence-corrected chi connectivity index (χ2v) is 8.20. The van der Waals surface area contributed by atoms with Crippen molar-refractivity contribution in [2.24, 2.45) is 0 Å². The normalized spacial score (nSPS) is 26.0. The zero-order valence-corrected chi connectivity index (χ0v) is 17.2. The number of hydrogen-bond acceptors (Lipinski definition) is 9. The van der Waals surface area contributed by atoms with Crippen LogP contribution in [-0.2, 0) is 9.47 Å². The predicted octanol–water partition coefficient (Wildman–Crippen LogP) is 2.05. The highest BCUT2D eigenvalue weighted by Crippen LogP contribution is 2.36. The van der Waals surface area contributed by atoms with Crippen LogP contribution in [0.4, 0.5) is 26.5 Å². The van der Waals surface area contributed by atoms with Crippen molar-refractivity contribution in [2.75, 3.05) is 48.5 Å². The molecule has 11 heteroatoms. The van der Waals surface area contributed by atoms with Gasteiger partial charge in [-0.3, -0.25) is 0 Å². The molecule has 0 aromatic carbocycles. The number of pyridine rings is 1. The first kappa shape index (κ1) is 20.3. The van der Waals surface area contributed by atoms with Crippen molar-refractivity contribution in [1.82, 2.24) is 19.9 Å². The van der Waals surface area contributed by atoms with Gasteiger partial charge < -0.3 is 25.0 Å². The lowest BCUT2D eigenvalue weighted by atomic mass is 10.1. The summed E-state index contributed by atoms with van der Waals surface area (Å²) in [6, 6.07) is 1.57. The number of aromatic nitrogens is 4. The summed E-state index contributed by atoms with van der Waals surface area (Å²) in [5.41, 5.74) is 5.58. The van der Waals surface area contributed by atoms with Gasteiger partial charge in [-0.2, -0.15) is 15.0 Å². The van der Waals surface area contributed by atoms with Gasteiger partial charge in [-0.05, 0) is 25.8 Å². The molecule has 2 N–H and O–H groups in total. The average molecular weight is 433 g/mol. The van der Waals surface area contributed by atoms with E-state index in [-0.39, 0.29) is 40.9 Å². The zero-order chi connectivity index (χ0) is 21.5. The minimum absolute atomic E-state index is 0.0292. The lowest BCUT2D eigenvalue weighted by Gasteiger charge is -2.36. The molecule has 3 unspecified atom stereocenters. The summed E-state index contributed by atoms with van der Waals surface area (Å²) in [5.74, 6) is 1.15. The molecule has 0 saturated carbocycles. The van der Waals surface area contributed by atoms with E-state index in [0.717, 1.165) is 12.8 Å². The van der Waals surface area contributed by atoms with Crippen LogP contribution in [0, 0.1) is 0 Å². The fraction of sp³-hybridized carbons (Fsp3) is 0.600. The summed E-state index contributed by atoms with van der Waals surface area (Å²) in [6.45, 7) is 4.94. The van der Waals surface area contributed by atoms with Gasteiger partial charge in [0.15, 0.2) is 5.82 Å². The van der Waals surface area contributed by atoms with E-state index < -0.39 is 6.43 Å². The summed E-state index contributed by atoms with van der Waals surface area (Å²) in [7, 11) is 0. The van der Waals surface area contributed by atoms with Crippen LogP contribution in [0.2, 0.25) is 0 Å². The van der Waals surface area contributed by atoms with Gasteiger partial charge in [0.25, 0.3) is 6.43 Å². The third-order valence-corrected chi connectivity index (χ3v) is 6.14. The zero-order valence-electron chi connectivity index (χ0n) is 17.2. The third-order valence-electron chi connectivity index (χ3n) is 6.14. The monoisotopic (exact) mass is 433 g/mol. The second-order valence-electron chi connectivity index (χ2n) is 8.20. The maximum atomic E-state index is 13.8. The summed E-state index contributed by atoms with van der Waals surface area (Å²) in [5, 5.41) is 0. The molecule has 31 heavy (non-hydrogen) atoms. The molecule has 3 saturated heterocycles. The number of nitrogens with zero attached hydrogens (tertiary/aromatic N) is 6. The molecule has 3 fully saturated rings. The van der Waals surface area contributed by atoms with E-state index in [4.69, 9.17) is 20.2 Å². The second kappa shape index (κ2) is 8.12. The topological polar surface area (TPSA) is 103 Å². The van der Waals surface area contributed by atoms with Gasteiger partial charge in [-0.25, -0.2) is 13.8 Å². The number of morpholine rings is 2. The summed E-state index contributed by atoms with van der Waals surface area (Å²) < 4.78 is 38.8. The van der Waals surface area contributed by atoms with Crippen molar-refractivity contribution >= 4 is 17.7 Å². The fourth-order valence-electron chi connectivity index (χ4n) is 4.55. The lowest BCUT2D eigenvalue weighted by molar-refractivity contribution is 0.0895. The highest BCUT2D eigenvalue weighted by molar-refractivity contribution is 5.64. The van der Waals surface area contributed by atoms with Crippen molar-refractivity contribution in [1.29, 1.82) is 0 Å². The Labute approximate surface area is 178 Å². The molecule has 166 valence electrons. The van der Waals surface area contributed by atoms with Crippen LogP contribution >= 0.6 is 0 Å². The molecule has 9 nitrogen and oxygen atoms in total. The minimum atomic E-state index is -2.73. The summed E-state index contributed by atoms with van der Waals surface area (Å²) in [4.78, 5) is 22.2. The van der Waals surface area contributed by atoms with Crippen LogP contribution in [-0.4, -0.2) is 71.0 Å². The molecule has 3 atom stereocenters. The molecule has 3 aliphatic rings. The van der Waals surface area contributed by atoms with Crippen molar-refractivity contribution in [3.05, 3.63) is 17.8 Å². The van der Waals surface area contributed by atoms with Crippen LogP contribution in [0.25, 0.3) is 11.4 Å². The standard InChI is InChI=1S/C20H25F2N7O2/c1-11-8-30-5-4-28(11)19-25-18(15-7-24-16(23)6-14(15)17(21)22)26-20(27-19)29-12-2-3-13(29)10-31-9-12/h6-7,11-13,17H,2-5,8-10H2,1H3,(H2,23,24). The van der Waals surface area contributed by atoms with E-state index in [1.807, 2.05) is 11.8 Å². The highest BCUT2D eigenvalue weighted by Gasteiger charge is 2.40. The van der Waals surface area contributed by atoms with E-state index in [9.17, 15) is 8.78 Å². The van der Waals surface area contributed by atoms with E-state index >= 15 is 0 Å². The van der Waals surface area contributed by atoms with Crippen molar-refractivity contribution in [3.63, 3.8) is 0 Å². The number of fused-ring (bicyclic) bond motifs is 2. The predicted molar refractivity (Wildman–Crippen MR) is 110 cm³/mol. The Morgan fingerprint density at radius 3 is 2.52 bits per heavy atom. The molecular formula is C20H25F2N7O2. The van der Waals surface area contributed by atoms with Crippen molar-refractivity contribution < 1.29 is 18.3 Å². The first-order valence-corrected chi connectivity index (χ1v) is 10.5. The Hall–Kier alpha value is -2.66. The SMILES string of the molecule is CC1COCCN1c1nc(-c2cnc(N)cc2C(F)F)nc(N2C3CCC2COC3)n1. The van der Waals surface area contributed by atoms with Gasteiger partial charge in [-0.1, -0.05) is 0 Å². The highest BCUT2D eigenvalue weighted by atomic mass is 19.3. The van der Waals surface area contributed by atoms with Crippen LogP contribution in [0.3, 0.4) is 0 Å². The number of anilines is 3. The molecular weight excluding hydrogens is 408 g/mol. The Morgan fingerprint density at radius 2 is 1.81 bits per heavy atom. The molecule has 5 heterocycles. The molecule has 2 aromatic heterocycles. The molecule has 2 aromatic rings. The minimum Gasteiger partial charge on any atom is -0.384 e. The molecule has 0 amide bonds. The summed E-state index contributed by atoms with van der Waals surface area (Å²) in [6.07, 6.45) is 0.559. The Kier molecular flexibility index (Phi) is 5.30. The number of ether oxygens (including phenoxy) is 2. The van der Waals surface area contributed by atoms with Crippen molar-refractivity contribution in [2.45, 2.75) is 44.3 Å². The summed E-state index contributed by atoms with van der Waals surface area (Å²) >= 11 is 0. The quantitative estimate of drug-likeness (QED) is 0.776. The van der Waals surface area contributed by atoms with Crippen molar-refractivity contribution in [3.8, 4) is 11.4 Å². The van der Waals surface area contributed by atoms with Crippen LogP contribution in [0.5, 0.6) is 0 Å². The molecule has 2 bridgehead atoms. The molecule has 0 radical (unpaired) electrons. The first-order valence-electron chi connectivity index (χ1n) is 10.5. The Balaban J connectivity index is 1.64. The Morgan fingerprint density at radius 1 is 1.06 bits per heavy atom. The number of rotatable bonds is 4. The Bertz CT molecular complexity index is 947. The molecule has 0 spiro atoms. The number of nitrogen functional groups attached to an aromatic ring is 1. The van der Waals surface area contributed by atoms with Crippen LogP contribution in [0.1, 0.15) is 31.8 Å². The van der Waals surface area contributed by atoms with Gasteiger partial charge in [0.2, 0.25) is 11.9 Å². The lowest BCUT2D eigenvalue weighted by Crippen LogP contribution is -2.48. The number of halogens is 2. The molecule has 0 aliphatic carbocycles. The third kappa shape index (κ3) is 3.76. The molecule has 5 rings (SSSR count). The van der Waals surface area contributed by atoms with Gasteiger partial charge in [0, 0.05) is 23.9 Å². The van der Waals surface area contributed by atoms with E-state index in [1.165, 1.54) is 12.3 Å². The smallest absolute Gasteiger partial charge is 0.264 e. The maximum absolute atomic E-state index is 13.8. The van der Waals surface area contributed by atoms with Gasteiger partial charge >= 0.3 is 0 Å². The fourth-order valence-corrected chi connectivity index (χ4v) is 4.55. The number of hydrogen-bond donors (Lipinski definition) is 1. The maximum Gasteiger partial charge on any atom is 0.264 e. The van der Waals surface area contributed by atoms with E-state index in [2.05, 4.69) is 19.9 Å². The van der Waals surface area contributed by atoms with Gasteiger partial charge in [-0.15, -0.1) is 0 Å². The van der Waals surface area contributed by atoms with Crippen LogP contribution < -0.4 is 15.5 Å². The number of nitrogens with two attached hydrogens (primary N) is 1. The largest absolute Gasteiger partial charge is 0.384 e. The van der Waals surface area contributed by atoms with Gasteiger partial charge in [0.1, 0.15) is 5.82 Å². The first-order chi connectivity index (χ1) is 15.0. The molecule has 3 aliphatic heterocycles. The average Bonchev–Trinajstić information content (AvgIpc) is 3.02. The van der Waals surface area contributed by atoms with Crippen LogP contribution in [0.15, 0.2) is 12.3 Å². The van der Waals surface area contributed by atoms with E-state index in [0.29, 0.717) is 44.9 Å². The van der Waals surface area contributed by atoms with E-state index in [1.54, 1.807) is 0 Å².